The van der Waals surface area contributed by atoms with Crippen molar-refractivity contribution in [1.82, 2.24) is 5.32 Å². The van der Waals surface area contributed by atoms with Crippen LogP contribution >= 0.6 is 0 Å². The zero-order chi connectivity index (χ0) is 13.5. The summed E-state index contributed by atoms with van der Waals surface area (Å²) in [5.74, 6) is 0.924. The van der Waals surface area contributed by atoms with E-state index < -0.39 is 0 Å². The summed E-state index contributed by atoms with van der Waals surface area (Å²) in [5.41, 5.74) is 6.17. The Morgan fingerprint density at radius 1 is 1.42 bits per heavy atom. The molecule has 5 heteroatoms. The monoisotopic (exact) mass is 263 g/mol. The summed E-state index contributed by atoms with van der Waals surface area (Å²) in [6.07, 6.45) is 2.01. The summed E-state index contributed by atoms with van der Waals surface area (Å²) >= 11 is 0. The molecule has 1 atom stereocenters. The SMILES string of the molecule is NCCOc1ccc(NC(=O)C2CCCNC2)cc1. The van der Waals surface area contributed by atoms with Gasteiger partial charge in [0, 0.05) is 18.8 Å². The lowest BCUT2D eigenvalue weighted by Crippen LogP contribution is -2.37. The lowest BCUT2D eigenvalue weighted by Gasteiger charge is -2.21. The number of nitrogens with two attached hydrogens (primary N) is 1. The van der Waals surface area contributed by atoms with Crippen LogP contribution in [0, 0.1) is 5.92 Å². The highest BCUT2D eigenvalue weighted by Crippen LogP contribution is 2.18. The number of carbonyl (C=O) groups is 1. The largest absolute Gasteiger partial charge is 0.492 e. The van der Waals surface area contributed by atoms with Gasteiger partial charge in [-0.1, -0.05) is 0 Å². The smallest absolute Gasteiger partial charge is 0.228 e. The lowest BCUT2D eigenvalue weighted by molar-refractivity contribution is -0.120. The van der Waals surface area contributed by atoms with Gasteiger partial charge in [-0.15, -0.1) is 0 Å². The van der Waals surface area contributed by atoms with Crippen molar-refractivity contribution < 1.29 is 9.53 Å². The van der Waals surface area contributed by atoms with Crippen LogP contribution in [0.2, 0.25) is 0 Å². The van der Waals surface area contributed by atoms with Crippen molar-refractivity contribution in [2.75, 3.05) is 31.6 Å². The molecule has 2 rings (SSSR count). The third-order valence-corrected chi connectivity index (χ3v) is 3.18. The van der Waals surface area contributed by atoms with E-state index in [4.69, 9.17) is 10.5 Å². The maximum Gasteiger partial charge on any atom is 0.228 e. The molecule has 0 spiro atoms. The van der Waals surface area contributed by atoms with Gasteiger partial charge in [0.15, 0.2) is 0 Å². The highest BCUT2D eigenvalue weighted by Gasteiger charge is 2.20. The van der Waals surface area contributed by atoms with E-state index in [1.165, 1.54) is 0 Å². The number of anilines is 1. The standard InChI is InChI=1S/C14H21N3O2/c15-7-9-19-13-5-3-12(4-6-13)17-14(18)11-2-1-8-16-10-11/h3-6,11,16H,1-2,7-10,15H2,(H,17,18). The van der Waals surface area contributed by atoms with Crippen molar-refractivity contribution in [2.45, 2.75) is 12.8 Å². The van der Waals surface area contributed by atoms with Crippen LogP contribution in [0.5, 0.6) is 5.75 Å². The van der Waals surface area contributed by atoms with E-state index >= 15 is 0 Å². The molecule has 0 saturated carbocycles. The third kappa shape index (κ3) is 4.22. The second-order valence-electron chi connectivity index (χ2n) is 4.69. The van der Waals surface area contributed by atoms with Crippen molar-refractivity contribution in [3.63, 3.8) is 0 Å². The predicted octanol–water partition coefficient (Wildman–Crippen LogP) is 0.962. The van der Waals surface area contributed by atoms with Gasteiger partial charge in [0.2, 0.25) is 5.91 Å². The average Bonchev–Trinajstić information content (AvgIpc) is 2.47. The Morgan fingerprint density at radius 2 is 2.21 bits per heavy atom. The molecule has 1 aromatic rings. The van der Waals surface area contributed by atoms with Gasteiger partial charge in [-0.3, -0.25) is 4.79 Å². The molecule has 4 N–H and O–H groups in total. The highest BCUT2D eigenvalue weighted by atomic mass is 16.5. The van der Waals surface area contributed by atoms with Crippen LogP contribution in [0.25, 0.3) is 0 Å². The molecule has 19 heavy (non-hydrogen) atoms. The van der Waals surface area contributed by atoms with E-state index in [9.17, 15) is 4.79 Å². The fourth-order valence-electron chi connectivity index (χ4n) is 2.13. The second-order valence-corrected chi connectivity index (χ2v) is 4.69. The Hall–Kier alpha value is -1.59. The molecule has 1 aliphatic heterocycles. The minimum Gasteiger partial charge on any atom is -0.492 e. The van der Waals surface area contributed by atoms with Gasteiger partial charge in [-0.05, 0) is 43.7 Å². The number of piperidine rings is 1. The van der Waals surface area contributed by atoms with Crippen LogP contribution in [0.15, 0.2) is 24.3 Å². The van der Waals surface area contributed by atoms with Gasteiger partial charge in [0.25, 0.3) is 0 Å². The van der Waals surface area contributed by atoms with Gasteiger partial charge in [-0.2, -0.15) is 0 Å². The van der Waals surface area contributed by atoms with Gasteiger partial charge >= 0.3 is 0 Å². The van der Waals surface area contributed by atoms with Crippen molar-refractivity contribution in [3.05, 3.63) is 24.3 Å². The summed E-state index contributed by atoms with van der Waals surface area (Å²) in [6.45, 7) is 2.77. The first-order valence-electron chi connectivity index (χ1n) is 6.74. The van der Waals surface area contributed by atoms with Gasteiger partial charge in [-0.25, -0.2) is 0 Å². The summed E-state index contributed by atoms with van der Waals surface area (Å²) in [7, 11) is 0. The molecule has 1 heterocycles. The molecular weight excluding hydrogens is 242 g/mol. The number of carbonyl (C=O) groups excluding carboxylic acids is 1. The zero-order valence-electron chi connectivity index (χ0n) is 11.0. The summed E-state index contributed by atoms with van der Waals surface area (Å²) in [6, 6.07) is 7.37. The Morgan fingerprint density at radius 3 is 2.84 bits per heavy atom. The van der Waals surface area contributed by atoms with Crippen LogP contribution in [0.1, 0.15) is 12.8 Å². The van der Waals surface area contributed by atoms with E-state index in [2.05, 4.69) is 10.6 Å². The number of hydrogen-bond acceptors (Lipinski definition) is 4. The molecule has 1 saturated heterocycles. The Balaban J connectivity index is 1.86. The first-order valence-corrected chi connectivity index (χ1v) is 6.74. The number of nitrogens with one attached hydrogen (secondary N) is 2. The van der Waals surface area contributed by atoms with Crippen molar-refractivity contribution in [3.8, 4) is 5.75 Å². The van der Waals surface area contributed by atoms with Gasteiger partial charge < -0.3 is 21.1 Å². The van der Waals surface area contributed by atoms with Crippen LogP contribution in [0.4, 0.5) is 5.69 Å². The van der Waals surface area contributed by atoms with Crippen LogP contribution in [-0.2, 0) is 4.79 Å². The molecule has 1 aromatic carbocycles. The van der Waals surface area contributed by atoms with E-state index in [-0.39, 0.29) is 11.8 Å². The number of benzene rings is 1. The topological polar surface area (TPSA) is 76.4 Å². The van der Waals surface area contributed by atoms with Crippen molar-refractivity contribution >= 4 is 11.6 Å². The first kappa shape index (κ1) is 13.8. The molecule has 0 radical (unpaired) electrons. The predicted molar refractivity (Wildman–Crippen MR) is 75.2 cm³/mol. The quantitative estimate of drug-likeness (QED) is 0.739. The number of rotatable bonds is 5. The van der Waals surface area contributed by atoms with Crippen LogP contribution in [-0.4, -0.2) is 32.1 Å². The molecule has 104 valence electrons. The average molecular weight is 263 g/mol. The van der Waals surface area contributed by atoms with E-state index in [0.717, 1.165) is 37.4 Å². The molecule has 0 aliphatic carbocycles. The van der Waals surface area contributed by atoms with E-state index in [1.54, 1.807) is 0 Å². The lowest BCUT2D eigenvalue weighted by atomic mass is 9.99. The molecular formula is C14H21N3O2. The normalized spacial score (nSPS) is 18.9. The Kier molecular flexibility index (Phi) is 5.18. The summed E-state index contributed by atoms with van der Waals surface area (Å²) in [4.78, 5) is 12.0. The molecule has 1 amide bonds. The third-order valence-electron chi connectivity index (χ3n) is 3.18. The fraction of sp³-hybridized carbons (Fsp3) is 0.500. The van der Waals surface area contributed by atoms with Crippen LogP contribution < -0.4 is 21.1 Å². The maximum absolute atomic E-state index is 12.0. The van der Waals surface area contributed by atoms with Gasteiger partial charge in [0.1, 0.15) is 12.4 Å². The Bertz CT molecular complexity index is 400. The summed E-state index contributed by atoms with van der Waals surface area (Å²) < 4.78 is 5.38. The molecule has 0 bridgehead atoms. The van der Waals surface area contributed by atoms with E-state index in [1.807, 2.05) is 24.3 Å². The van der Waals surface area contributed by atoms with Crippen LogP contribution in [0.3, 0.4) is 0 Å². The molecule has 1 fully saturated rings. The maximum atomic E-state index is 12.0. The highest BCUT2D eigenvalue weighted by molar-refractivity contribution is 5.92. The molecule has 1 aliphatic rings. The fourth-order valence-corrected chi connectivity index (χ4v) is 2.13. The molecule has 0 aromatic heterocycles. The molecule has 1 unspecified atom stereocenters. The van der Waals surface area contributed by atoms with Crippen molar-refractivity contribution in [1.29, 1.82) is 0 Å². The minimum atomic E-state index is 0.0712. The second kappa shape index (κ2) is 7.11. The van der Waals surface area contributed by atoms with E-state index in [0.29, 0.717) is 13.2 Å². The van der Waals surface area contributed by atoms with Crippen molar-refractivity contribution in [2.24, 2.45) is 11.7 Å². The Labute approximate surface area is 113 Å². The number of amides is 1. The minimum absolute atomic E-state index is 0.0712. The molecule has 5 nitrogen and oxygen atoms in total. The number of hydrogen-bond donors (Lipinski definition) is 3. The first-order chi connectivity index (χ1) is 9.29. The number of ether oxygens (including phenoxy) is 1. The van der Waals surface area contributed by atoms with Gasteiger partial charge in [0.05, 0.1) is 5.92 Å². The zero-order valence-corrected chi connectivity index (χ0v) is 11.0. The summed E-state index contributed by atoms with van der Waals surface area (Å²) in [5, 5.41) is 6.18.